The van der Waals surface area contributed by atoms with E-state index in [-0.39, 0.29) is 0 Å². The summed E-state index contributed by atoms with van der Waals surface area (Å²) in [5.41, 5.74) is 7.20. The molecule has 0 N–H and O–H groups in total. The van der Waals surface area contributed by atoms with Crippen LogP contribution in [0.3, 0.4) is 0 Å². The maximum absolute atomic E-state index is 6.00. The van der Waals surface area contributed by atoms with Crippen molar-refractivity contribution < 1.29 is 9.15 Å². The van der Waals surface area contributed by atoms with E-state index in [4.69, 9.17) is 14.1 Å². The molecule has 6 rings (SSSR count). The van der Waals surface area contributed by atoms with Crippen LogP contribution < -0.4 is 9.80 Å². The van der Waals surface area contributed by atoms with E-state index in [0.717, 1.165) is 56.9 Å². The van der Waals surface area contributed by atoms with Gasteiger partial charge < -0.3 is 23.5 Å². The van der Waals surface area contributed by atoms with Gasteiger partial charge in [-0.2, -0.15) is 4.98 Å². The molecule has 1 saturated heterocycles. The molecule has 4 aromatic rings. The average molecular weight is 388 g/mol. The molecule has 2 aromatic carbocycles. The van der Waals surface area contributed by atoms with Crippen molar-refractivity contribution in [3.05, 3.63) is 53.7 Å². The number of oxazole rings is 1. The van der Waals surface area contributed by atoms with Crippen LogP contribution in [0.5, 0.6) is 0 Å². The summed E-state index contributed by atoms with van der Waals surface area (Å²) < 4.78 is 13.8. The molecule has 0 atom stereocenters. The SMILES string of the molecule is Cn1c2c(c3ccccc31)CN(c1ccc3oc(N4CCOCC4)nc3c1)CC2. The minimum absolute atomic E-state index is 0.704. The van der Waals surface area contributed by atoms with Gasteiger partial charge in [-0.15, -0.1) is 0 Å². The van der Waals surface area contributed by atoms with E-state index in [1.165, 1.54) is 27.8 Å². The molecule has 148 valence electrons. The predicted octanol–water partition coefficient (Wildman–Crippen LogP) is 3.72. The Balaban J connectivity index is 1.33. The highest BCUT2D eigenvalue weighted by Gasteiger charge is 2.24. The fourth-order valence-corrected chi connectivity index (χ4v) is 4.74. The molecule has 6 heteroatoms. The lowest BCUT2D eigenvalue weighted by atomic mass is 10.0. The Bertz CT molecular complexity index is 1200. The van der Waals surface area contributed by atoms with E-state index < -0.39 is 0 Å². The zero-order valence-corrected chi connectivity index (χ0v) is 16.6. The van der Waals surface area contributed by atoms with Gasteiger partial charge in [-0.05, 0) is 24.3 Å². The van der Waals surface area contributed by atoms with E-state index in [9.17, 15) is 0 Å². The average Bonchev–Trinajstić information content (AvgIpc) is 3.33. The summed E-state index contributed by atoms with van der Waals surface area (Å²) in [5, 5.41) is 1.37. The summed E-state index contributed by atoms with van der Waals surface area (Å²) in [6, 6.07) is 15.8. The van der Waals surface area contributed by atoms with Crippen molar-refractivity contribution in [2.24, 2.45) is 7.05 Å². The highest BCUT2D eigenvalue weighted by atomic mass is 16.5. The Kier molecular flexibility index (Phi) is 3.81. The maximum Gasteiger partial charge on any atom is 0.298 e. The third kappa shape index (κ3) is 2.70. The van der Waals surface area contributed by atoms with Crippen LogP contribution in [-0.4, -0.2) is 42.4 Å². The van der Waals surface area contributed by atoms with Gasteiger partial charge in [0.25, 0.3) is 6.01 Å². The quantitative estimate of drug-likeness (QED) is 0.524. The van der Waals surface area contributed by atoms with Crippen molar-refractivity contribution in [2.75, 3.05) is 42.6 Å². The molecule has 0 unspecified atom stereocenters. The summed E-state index contributed by atoms with van der Waals surface area (Å²) in [6.45, 7) is 5.05. The zero-order chi connectivity index (χ0) is 19.4. The molecule has 6 nitrogen and oxygen atoms in total. The van der Waals surface area contributed by atoms with Gasteiger partial charge in [-0.1, -0.05) is 18.2 Å². The molecule has 1 fully saturated rings. The Hall–Kier alpha value is -2.99. The number of anilines is 2. The molecular weight excluding hydrogens is 364 g/mol. The van der Waals surface area contributed by atoms with Crippen LogP contribution in [0.25, 0.3) is 22.0 Å². The highest BCUT2D eigenvalue weighted by Crippen LogP contribution is 2.33. The van der Waals surface area contributed by atoms with Crippen LogP contribution in [0, 0.1) is 0 Å². The Morgan fingerprint density at radius 1 is 0.966 bits per heavy atom. The number of ether oxygens (including phenoxy) is 1. The van der Waals surface area contributed by atoms with E-state index in [2.05, 4.69) is 63.9 Å². The van der Waals surface area contributed by atoms with Gasteiger partial charge in [0.15, 0.2) is 5.58 Å². The van der Waals surface area contributed by atoms with Crippen LogP contribution in [0.15, 0.2) is 46.9 Å². The van der Waals surface area contributed by atoms with Crippen LogP contribution in [0.2, 0.25) is 0 Å². The number of hydrogen-bond acceptors (Lipinski definition) is 5. The van der Waals surface area contributed by atoms with Crippen LogP contribution in [-0.2, 0) is 24.8 Å². The van der Waals surface area contributed by atoms with Gasteiger partial charge in [-0.3, -0.25) is 0 Å². The van der Waals surface area contributed by atoms with Crippen molar-refractivity contribution in [2.45, 2.75) is 13.0 Å². The number of nitrogens with zero attached hydrogens (tertiary/aromatic N) is 4. The highest BCUT2D eigenvalue weighted by molar-refractivity contribution is 5.86. The second-order valence-corrected chi connectivity index (χ2v) is 7.92. The van der Waals surface area contributed by atoms with Gasteiger partial charge in [0.05, 0.1) is 13.2 Å². The molecule has 2 aliphatic rings. The molecular formula is C23H24N4O2. The predicted molar refractivity (Wildman–Crippen MR) is 115 cm³/mol. The topological polar surface area (TPSA) is 46.7 Å². The standard InChI is InChI=1S/C23H24N4O2/c1-25-20-5-3-2-4-17(20)18-15-27(9-8-21(18)25)16-6-7-22-19(14-16)24-23(29-22)26-10-12-28-13-11-26/h2-7,14H,8-13,15H2,1H3. The minimum Gasteiger partial charge on any atom is -0.423 e. The molecule has 0 bridgehead atoms. The van der Waals surface area contributed by atoms with Gasteiger partial charge in [-0.25, -0.2) is 0 Å². The van der Waals surface area contributed by atoms with E-state index in [1.54, 1.807) is 0 Å². The summed E-state index contributed by atoms with van der Waals surface area (Å²) in [4.78, 5) is 9.38. The number of aryl methyl sites for hydroxylation is 1. The third-order valence-electron chi connectivity index (χ3n) is 6.32. The summed E-state index contributed by atoms with van der Waals surface area (Å²) in [5.74, 6) is 0. The zero-order valence-electron chi connectivity index (χ0n) is 16.6. The minimum atomic E-state index is 0.704. The molecule has 0 spiro atoms. The number of para-hydroxylation sites is 1. The maximum atomic E-state index is 6.00. The fraction of sp³-hybridized carbons (Fsp3) is 0.348. The first-order valence-corrected chi connectivity index (χ1v) is 10.3. The summed E-state index contributed by atoms with van der Waals surface area (Å²) in [7, 11) is 2.19. The number of rotatable bonds is 2. The number of morpholine rings is 1. The first-order chi connectivity index (χ1) is 14.3. The first-order valence-electron chi connectivity index (χ1n) is 10.3. The van der Waals surface area contributed by atoms with Gasteiger partial charge in [0.1, 0.15) is 5.52 Å². The molecule has 0 radical (unpaired) electrons. The number of fused-ring (bicyclic) bond motifs is 4. The lowest BCUT2D eigenvalue weighted by Gasteiger charge is -2.29. The van der Waals surface area contributed by atoms with Crippen molar-refractivity contribution in [3.8, 4) is 0 Å². The largest absolute Gasteiger partial charge is 0.423 e. The number of aromatic nitrogens is 2. The lowest BCUT2D eigenvalue weighted by Crippen LogP contribution is -2.36. The van der Waals surface area contributed by atoms with Crippen LogP contribution in [0.4, 0.5) is 11.7 Å². The third-order valence-corrected chi connectivity index (χ3v) is 6.32. The second-order valence-electron chi connectivity index (χ2n) is 7.92. The summed E-state index contributed by atoms with van der Waals surface area (Å²) in [6.07, 6.45) is 1.05. The first kappa shape index (κ1) is 16.9. The van der Waals surface area contributed by atoms with Crippen LogP contribution in [0.1, 0.15) is 11.3 Å². The Morgan fingerprint density at radius 3 is 2.72 bits per heavy atom. The smallest absolute Gasteiger partial charge is 0.298 e. The van der Waals surface area contributed by atoms with Crippen LogP contribution >= 0.6 is 0 Å². The Labute approximate surface area is 169 Å². The fourth-order valence-electron chi connectivity index (χ4n) is 4.74. The van der Waals surface area contributed by atoms with E-state index >= 15 is 0 Å². The summed E-state index contributed by atoms with van der Waals surface area (Å²) >= 11 is 0. The molecule has 0 aliphatic carbocycles. The molecule has 29 heavy (non-hydrogen) atoms. The van der Waals surface area contributed by atoms with Crippen molar-refractivity contribution >= 4 is 33.7 Å². The monoisotopic (exact) mass is 388 g/mol. The van der Waals surface area contributed by atoms with E-state index in [0.29, 0.717) is 6.01 Å². The Morgan fingerprint density at radius 2 is 1.83 bits per heavy atom. The van der Waals surface area contributed by atoms with Crippen molar-refractivity contribution in [1.82, 2.24) is 9.55 Å². The molecule has 2 aromatic heterocycles. The number of hydrogen-bond donors (Lipinski definition) is 0. The van der Waals surface area contributed by atoms with Crippen molar-refractivity contribution in [3.63, 3.8) is 0 Å². The molecule has 4 heterocycles. The second kappa shape index (κ2) is 6.52. The number of benzene rings is 2. The van der Waals surface area contributed by atoms with E-state index in [1.807, 2.05) is 0 Å². The molecule has 0 amide bonds. The van der Waals surface area contributed by atoms with Crippen molar-refractivity contribution in [1.29, 1.82) is 0 Å². The lowest BCUT2D eigenvalue weighted by molar-refractivity contribution is 0.120. The van der Waals surface area contributed by atoms with Gasteiger partial charge >= 0.3 is 0 Å². The van der Waals surface area contributed by atoms with Gasteiger partial charge in [0, 0.05) is 67.5 Å². The molecule has 2 aliphatic heterocycles. The molecule has 0 saturated carbocycles. The normalized spacial score (nSPS) is 17.3. The van der Waals surface area contributed by atoms with Gasteiger partial charge in [0.2, 0.25) is 0 Å².